The van der Waals surface area contributed by atoms with E-state index in [2.05, 4.69) is 82.2 Å². The van der Waals surface area contributed by atoms with Gasteiger partial charge in [0.05, 0.1) is 24.9 Å². The number of nitrogens with zero attached hydrogens (tertiary/aromatic N) is 6. The number of carbonyl (C=O) groups excluding carboxylic acids is 2. The molecule has 302 valence electrons. The largest absolute Gasteiger partial charge is 0.495 e. The summed E-state index contributed by atoms with van der Waals surface area (Å²) in [5.74, 6) is 0.343. The molecule has 2 aliphatic heterocycles. The molecule has 3 aromatic rings. The van der Waals surface area contributed by atoms with Gasteiger partial charge >= 0.3 is 5.97 Å². The lowest BCUT2D eigenvalue weighted by Gasteiger charge is -2.48. The van der Waals surface area contributed by atoms with Crippen molar-refractivity contribution in [2.24, 2.45) is 22.7 Å². The Morgan fingerprint density at radius 1 is 1.09 bits per heavy atom. The van der Waals surface area contributed by atoms with Crippen molar-refractivity contribution in [2.45, 2.75) is 118 Å². The summed E-state index contributed by atoms with van der Waals surface area (Å²) in [7, 11) is 1.47. The molecule has 1 fully saturated rings. The van der Waals surface area contributed by atoms with Crippen molar-refractivity contribution in [3.05, 3.63) is 52.9 Å². The third-order valence-corrected chi connectivity index (χ3v) is 11.9. The van der Waals surface area contributed by atoms with E-state index in [4.69, 9.17) is 24.9 Å². The Bertz CT molecular complexity index is 2170. The van der Waals surface area contributed by atoms with Gasteiger partial charge in [0.2, 0.25) is 5.91 Å². The molecular weight excluding hydrogens is 721 g/mol. The molecule has 0 radical (unpaired) electrons. The van der Waals surface area contributed by atoms with E-state index >= 15 is 0 Å². The van der Waals surface area contributed by atoms with Gasteiger partial charge in [0, 0.05) is 35.8 Å². The second-order valence-corrected chi connectivity index (χ2v) is 17.0. The third kappa shape index (κ3) is 8.31. The molecule has 13 nitrogen and oxygen atoms in total. The Morgan fingerprint density at radius 3 is 2.46 bits per heavy atom. The van der Waals surface area contributed by atoms with Crippen molar-refractivity contribution in [3.63, 3.8) is 0 Å². The van der Waals surface area contributed by atoms with E-state index in [0.717, 1.165) is 44.2 Å². The molecule has 1 aliphatic carbocycles. The average molecular weight is 777 g/mol. The second kappa shape index (κ2) is 16.5. The molecule has 2 amide bonds. The monoisotopic (exact) mass is 776 g/mol. The van der Waals surface area contributed by atoms with E-state index < -0.39 is 17.8 Å². The highest BCUT2D eigenvalue weighted by Crippen LogP contribution is 2.46. The lowest BCUT2D eigenvalue weighted by Crippen LogP contribution is -2.48. The van der Waals surface area contributed by atoms with Gasteiger partial charge in [0.15, 0.2) is 17.5 Å². The molecule has 1 saturated carbocycles. The summed E-state index contributed by atoms with van der Waals surface area (Å²) >= 11 is 0. The van der Waals surface area contributed by atoms with Crippen LogP contribution in [0.3, 0.4) is 0 Å². The van der Waals surface area contributed by atoms with Crippen LogP contribution in [-0.4, -0.2) is 68.7 Å². The highest BCUT2D eigenvalue weighted by molar-refractivity contribution is 6.31. The van der Waals surface area contributed by atoms with Crippen LogP contribution >= 0.6 is 0 Å². The van der Waals surface area contributed by atoms with Crippen molar-refractivity contribution in [1.82, 2.24) is 20.1 Å². The van der Waals surface area contributed by atoms with E-state index in [1.165, 1.54) is 23.0 Å². The maximum Gasteiger partial charge on any atom is 0.303 e. The Labute approximate surface area is 335 Å². The van der Waals surface area contributed by atoms with E-state index in [1.807, 2.05) is 6.92 Å². The highest BCUT2D eigenvalue weighted by atomic mass is 16.5. The van der Waals surface area contributed by atoms with Crippen LogP contribution in [-0.2, 0) is 14.4 Å². The smallest absolute Gasteiger partial charge is 0.303 e. The SMILES string of the molecule is CCCCN1c2cc(C)c(/N=C3\C(C#N)=C(C(=O)NC4C(C)CC(C)CC4C)c4nc(-c5ccc(OC)c(NC(=O)CCC(=O)O)c5)nn43)cc2C(C)CC1(C)C. The summed E-state index contributed by atoms with van der Waals surface area (Å²) in [5, 5.41) is 30.7. The van der Waals surface area contributed by atoms with Crippen LogP contribution in [0.4, 0.5) is 17.1 Å². The number of anilines is 2. The van der Waals surface area contributed by atoms with Gasteiger partial charge in [0.1, 0.15) is 23.0 Å². The van der Waals surface area contributed by atoms with Gasteiger partial charge in [0.25, 0.3) is 5.91 Å². The topological polar surface area (TPSA) is 175 Å². The quantitative estimate of drug-likeness (QED) is 0.165. The zero-order chi connectivity index (χ0) is 41.3. The number of amides is 2. The number of nitrogens with one attached hydrogen (secondary N) is 2. The Morgan fingerprint density at radius 2 is 1.81 bits per heavy atom. The lowest BCUT2D eigenvalue weighted by molar-refractivity contribution is -0.138. The van der Waals surface area contributed by atoms with Crippen molar-refractivity contribution >= 4 is 46.3 Å². The lowest BCUT2D eigenvalue weighted by atomic mass is 9.73. The van der Waals surface area contributed by atoms with Crippen molar-refractivity contribution in [1.29, 1.82) is 5.26 Å². The molecule has 3 atom stereocenters. The first-order valence-corrected chi connectivity index (χ1v) is 20.2. The maximum absolute atomic E-state index is 14.4. The molecule has 6 rings (SSSR count). The predicted octanol–water partition coefficient (Wildman–Crippen LogP) is 8.01. The zero-order valence-electron chi connectivity index (χ0n) is 34.7. The fourth-order valence-electron chi connectivity index (χ4n) is 9.20. The van der Waals surface area contributed by atoms with Crippen LogP contribution in [0, 0.1) is 36.0 Å². The van der Waals surface area contributed by atoms with Gasteiger partial charge in [-0.1, -0.05) is 41.0 Å². The summed E-state index contributed by atoms with van der Waals surface area (Å²) in [4.78, 5) is 50.7. The molecule has 1 aromatic heterocycles. The number of carboxylic acids is 1. The minimum atomic E-state index is -1.08. The van der Waals surface area contributed by atoms with Crippen LogP contribution in [0.5, 0.6) is 5.75 Å². The van der Waals surface area contributed by atoms with Crippen LogP contribution in [0.15, 0.2) is 40.9 Å². The normalized spacial score (nSPS) is 23.1. The number of benzene rings is 2. The van der Waals surface area contributed by atoms with Gasteiger partial charge in [-0.2, -0.15) is 9.94 Å². The number of aryl methyl sites for hydroxylation is 1. The summed E-state index contributed by atoms with van der Waals surface area (Å²) in [6, 6.07) is 11.6. The Hall–Kier alpha value is -5.51. The van der Waals surface area contributed by atoms with Crippen LogP contribution in [0.1, 0.15) is 116 Å². The number of methoxy groups -OCH3 is 1. The Balaban J connectivity index is 1.47. The molecule has 13 heteroatoms. The maximum atomic E-state index is 14.4. The summed E-state index contributed by atoms with van der Waals surface area (Å²) < 4.78 is 6.96. The summed E-state index contributed by atoms with van der Waals surface area (Å²) in [6.07, 6.45) is 4.60. The number of unbranched alkanes of at least 4 members (excludes halogenated alkanes) is 1. The van der Waals surface area contributed by atoms with E-state index in [9.17, 15) is 19.6 Å². The summed E-state index contributed by atoms with van der Waals surface area (Å²) in [6.45, 7) is 18.6. The van der Waals surface area contributed by atoms with E-state index in [1.54, 1.807) is 18.2 Å². The first-order chi connectivity index (χ1) is 27.1. The molecule has 0 saturated heterocycles. The molecule has 3 heterocycles. The van der Waals surface area contributed by atoms with Crippen molar-refractivity contribution in [3.8, 4) is 23.2 Å². The molecule has 0 spiro atoms. The minimum absolute atomic E-state index is 0.00807. The molecule has 3 aliphatic rings. The molecule has 2 aromatic carbocycles. The van der Waals surface area contributed by atoms with Crippen molar-refractivity contribution in [2.75, 3.05) is 23.9 Å². The van der Waals surface area contributed by atoms with Gasteiger partial charge < -0.3 is 25.4 Å². The predicted molar refractivity (Wildman–Crippen MR) is 222 cm³/mol. The number of ether oxygens (including phenoxy) is 1. The second-order valence-electron chi connectivity index (χ2n) is 17.0. The molecule has 57 heavy (non-hydrogen) atoms. The first-order valence-electron chi connectivity index (χ1n) is 20.2. The Kier molecular flexibility index (Phi) is 11.9. The molecular formula is C44H56N8O5. The fourth-order valence-corrected chi connectivity index (χ4v) is 9.20. The zero-order valence-corrected chi connectivity index (χ0v) is 34.7. The standard InChI is InChI=1S/C44H56N8O5/c1-10-11-16-51-34-19-25(3)32(21-30(34)28(6)22-44(51,7)8)47-41-31(23-45)38(43(56)48-39-26(4)17-24(2)18-27(39)5)42-49-40(50-52(41)42)29-12-13-35(57-9)33(20-29)46-36(53)14-15-37(54)55/h12-13,19-21,24,26-28,39H,10-11,14-18,22H2,1-9H3,(H,46,53)(H,48,56)(H,54,55)/b47-41+. The third-order valence-electron chi connectivity index (χ3n) is 11.9. The minimum Gasteiger partial charge on any atom is -0.495 e. The molecule has 3 N–H and O–H groups in total. The van der Waals surface area contributed by atoms with Gasteiger partial charge in [-0.25, -0.2) is 9.98 Å². The van der Waals surface area contributed by atoms with E-state index in [0.29, 0.717) is 28.6 Å². The van der Waals surface area contributed by atoms with Crippen LogP contribution in [0.2, 0.25) is 0 Å². The fraction of sp³-hybridized carbons (Fsp3) is 0.523. The van der Waals surface area contributed by atoms with Gasteiger partial charge in [-0.05, 0) is 112 Å². The molecule has 3 unspecified atom stereocenters. The number of nitriles is 1. The van der Waals surface area contributed by atoms with Crippen molar-refractivity contribution < 1.29 is 24.2 Å². The number of hydrogen-bond donors (Lipinski definition) is 3. The van der Waals surface area contributed by atoms with Gasteiger partial charge in [-0.3, -0.25) is 14.4 Å². The number of aliphatic imine (C=N–C) groups is 1. The van der Waals surface area contributed by atoms with Crippen LogP contribution < -0.4 is 20.3 Å². The number of carboxylic acid groups (broad SMARTS) is 1. The number of allylic oxidation sites excluding steroid dienone is 1. The number of rotatable bonds is 12. The first kappa shape index (κ1) is 41.1. The number of fused-ring (bicyclic) bond motifs is 2. The summed E-state index contributed by atoms with van der Waals surface area (Å²) in [5.41, 5.74) is 5.02. The van der Waals surface area contributed by atoms with Gasteiger partial charge in [-0.15, -0.1) is 5.10 Å². The number of aliphatic carboxylic acids is 1. The molecule has 0 bridgehead atoms. The number of carbonyl (C=O) groups is 3. The average Bonchev–Trinajstić information content (AvgIpc) is 3.69. The number of hydrogen-bond acceptors (Lipinski definition) is 9. The highest BCUT2D eigenvalue weighted by Gasteiger charge is 2.40. The number of aromatic nitrogens is 3. The van der Waals surface area contributed by atoms with Crippen LogP contribution in [0.25, 0.3) is 17.0 Å². The van der Waals surface area contributed by atoms with E-state index in [-0.39, 0.29) is 70.8 Å².